The van der Waals surface area contributed by atoms with Gasteiger partial charge >= 0.3 is 0 Å². The van der Waals surface area contributed by atoms with Crippen LogP contribution in [0.3, 0.4) is 0 Å². The Morgan fingerprint density at radius 2 is 1.64 bits per heavy atom. The van der Waals surface area contributed by atoms with Gasteiger partial charge in [-0.05, 0) is 7.05 Å². The monoisotopic (exact) mass is 204 g/mol. The van der Waals surface area contributed by atoms with E-state index >= 15 is 0 Å². The number of hydrogen-bond donors (Lipinski definition) is 2. The maximum absolute atomic E-state index is 11.1. The van der Waals surface area contributed by atoms with Crippen LogP contribution in [-0.2, 0) is 4.79 Å². The number of carbonyl (C=O) groups is 1. The first-order chi connectivity index (χ1) is 6.61. The normalized spacial score (nSPS) is 10.6. The van der Waals surface area contributed by atoms with Gasteiger partial charge in [0, 0.05) is 33.1 Å². The van der Waals surface area contributed by atoms with E-state index in [2.05, 4.69) is 0 Å². The van der Waals surface area contributed by atoms with Crippen molar-refractivity contribution >= 4 is 5.91 Å². The van der Waals surface area contributed by atoms with Gasteiger partial charge in [0.05, 0.1) is 13.2 Å². The fourth-order valence-electron chi connectivity index (χ4n) is 1.12. The molecule has 0 atom stereocenters. The molecule has 2 N–H and O–H groups in total. The van der Waals surface area contributed by atoms with Crippen molar-refractivity contribution in [3.05, 3.63) is 0 Å². The highest BCUT2D eigenvalue weighted by Crippen LogP contribution is 1.90. The zero-order valence-corrected chi connectivity index (χ0v) is 8.94. The predicted molar refractivity (Wildman–Crippen MR) is 53.9 cm³/mol. The maximum atomic E-state index is 11.1. The van der Waals surface area contributed by atoms with E-state index in [1.54, 1.807) is 4.90 Å². The molecule has 0 aliphatic rings. The average Bonchev–Trinajstić information content (AvgIpc) is 2.12. The van der Waals surface area contributed by atoms with Crippen LogP contribution < -0.4 is 0 Å². The molecule has 0 fully saturated rings. The molecule has 0 aliphatic carbocycles. The second-order valence-electron chi connectivity index (χ2n) is 3.26. The van der Waals surface area contributed by atoms with Gasteiger partial charge in [0.2, 0.25) is 5.91 Å². The summed E-state index contributed by atoms with van der Waals surface area (Å²) >= 11 is 0. The van der Waals surface area contributed by atoms with E-state index in [9.17, 15) is 4.79 Å². The number of amides is 1. The number of nitrogens with zero attached hydrogens (tertiary/aromatic N) is 2. The molecule has 0 saturated carbocycles. The lowest BCUT2D eigenvalue weighted by atomic mass is 10.4. The lowest BCUT2D eigenvalue weighted by Crippen LogP contribution is -2.38. The van der Waals surface area contributed by atoms with Crippen molar-refractivity contribution in [1.29, 1.82) is 0 Å². The van der Waals surface area contributed by atoms with Crippen LogP contribution in [0.15, 0.2) is 0 Å². The van der Waals surface area contributed by atoms with E-state index in [0.717, 1.165) is 0 Å². The maximum Gasteiger partial charge on any atom is 0.219 e. The minimum Gasteiger partial charge on any atom is -0.395 e. The molecule has 0 saturated heterocycles. The van der Waals surface area contributed by atoms with E-state index in [0.29, 0.717) is 26.2 Å². The molecule has 84 valence electrons. The van der Waals surface area contributed by atoms with Gasteiger partial charge in [0.25, 0.3) is 0 Å². The van der Waals surface area contributed by atoms with Crippen LogP contribution in [0, 0.1) is 0 Å². The summed E-state index contributed by atoms with van der Waals surface area (Å²) in [5.41, 5.74) is 0. The molecule has 0 aromatic carbocycles. The van der Waals surface area contributed by atoms with Crippen molar-refractivity contribution in [2.24, 2.45) is 0 Å². The third-order valence-electron chi connectivity index (χ3n) is 2.05. The Hall–Kier alpha value is -0.650. The molecule has 0 heterocycles. The van der Waals surface area contributed by atoms with Crippen molar-refractivity contribution in [2.75, 3.05) is 46.4 Å². The molecule has 5 nitrogen and oxygen atoms in total. The molecule has 0 rings (SSSR count). The van der Waals surface area contributed by atoms with Gasteiger partial charge in [-0.25, -0.2) is 0 Å². The molecule has 14 heavy (non-hydrogen) atoms. The van der Waals surface area contributed by atoms with Gasteiger partial charge < -0.3 is 20.0 Å². The molecular formula is C9H20N2O3. The zero-order valence-electron chi connectivity index (χ0n) is 8.94. The Kier molecular flexibility index (Phi) is 7.37. The second kappa shape index (κ2) is 7.73. The highest BCUT2D eigenvalue weighted by molar-refractivity contribution is 5.73. The van der Waals surface area contributed by atoms with Crippen LogP contribution in [0.25, 0.3) is 0 Å². The van der Waals surface area contributed by atoms with Crippen LogP contribution in [0.1, 0.15) is 6.92 Å². The van der Waals surface area contributed by atoms with Crippen LogP contribution in [-0.4, -0.2) is 72.4 Å². The predicted octanol–water partition coefficient (Wildman–Crippen LogP) is -1.25. The first-order valence-electron chi connectivity index (χ1n) is 4.77. The number of aliphatic hydroxyl groups is 2. The highest BCUT2D eigenvalue weighted by atomic mass is 16.3. The summed E-state index contributed by atoms with van der Waals surface area (Å²) < 4.78 is 0. The van der Waals surface area contributed by atoms with E-state index in [1.165, 1.54) is 6.92 Å². The topological polar surface area (TPSA) is 64.0 Å². The van der Waals surface area contributed by atoms with E-state index in [1.807, 2.05) is 11.9 Å². The lowest BCUT2D eigenvalue weighted by molar-refractivity contribution is -0.129. The Morgan fingerprint density at radius 1 is 1.07 bits per heavy atom. The summed E-state index contributed by atoms with van der Waals surface area (Å²) in [5.74, 6) is -0.0311. The smallest absolute Gasteiger partial charge is 0.219 e. The molecule has 0 aromatic heterocycles. The van der Waals surface area contributed by atoms with Gasteiger partial charge in [0.15, 0.2) is 0 Å². The summed E-state index contributed by atoms with van der Waals surface area (Å²) in [7, 11) is 1.88. The summed E-state index contributed by atoms with van der Waals surface area (Å²) in [6.45, 7) is 3.88. The van der Waals surface area contributed by atoms with Crippen molar-refractivity contribution in [2.45, 2.75) is 6.92 Å². The molecule has 0 aliphatic heterocycles. The molecule has 0 unspecified atom stereocenters. The molecule has 0 aromatic rings. The highest BCUT2D eigenvalue weighted by Gasteiger charge is 2.08. The molecular weight excluding hydrogens is 184 g/mol. The van der Waals surface area contributed by atoms with Gasteiger partial charge in [-0.1, -0.05) is 0 Å². The average molecular weight is 204 g/mol. The first-order valence-corrected chi connectivity index (χ1v) is 4.77. The van der Waals surface area contributed by atoms with Gasteiger partial charge in [-0.2, -0.15) is 0 Å². The summed E-state index contributed by atoms with van der Waals surface area (Å²) in [4.78, 5) is 14.6. The number of likely N-dealkylation sites (N-methyl/N-ethyl adjacent to an activating group) is 1. The zero-order chi connectivity index (χ0) is 11.0. The SMILES string of the molecule is CC(=O)N(CCO)CCN(C)CCO. The van der Waals surface area contributed by atoms with Crippen molar-refractivity contribution < 1.29 is 15.0 Å². The largest absolute Gasteiger partial charge is 0.395 e. The van der Waals surface area contributed by atoms with Crippen LogP contribution in [0.5, 0.6) is 0 Å². The third-order valence-corrected chi connectivity index (χ3v) is 2.05. The molecule has 0 radical (unpaired) electrons. The van der Waals surface area contributed by atoms with Gasteiger partial charge in [-0.15, -0.1) is 0 Å². The minimum absolute atomic E-state index is 0.0106. The summed E-state index contributed by atoms with van der Waals surface area (Å²) in [5, 5.41) is 17.4. The fraction of sp³-hybridized carbons (Fsp3) is 0.889. The Balaban J connectivity index is 3.75. The Bertz CT molecular complexity index is 164. The Labute approximate surface area is 84.9 Å². The minimum atomic E-state index is -0.0311. The number of carbonyl (C=O) groups excluding carboxylic acids is 1. The number of hydrogen-bond acceptors (Lipinski definition) is 4. The van der Waals surface area contributed by atoms with E-state index in [4.69, 9.17) is 10.2 Å². The van der Waals surface area contributed by atoms with Crippen molar-refractivity contribution in [1.82, 2.24) is 9.80 Å². The standard InChI is InChI=1S/C9H20N2O3/c1-9(14)11(6-8-13)4-3-10(2)5-7-12/h12-13H,3-8H2,1-2H3. The van der Waals surface area contributed by atoms with Gasteiger partial charge in [-0.3, -0.25) is 4.79 Å². The molecule has 1 amide bonds. The van der Waals surface area contributed by atoms with Crippen molar-refractivity contribution in [3.63, 3.8) is 0 Å². The Morgan fingerprint density at radius 3 is 2.07 bits per heavy atom. The van der Waals surface area contributed by atoms with Crippen LogP contribution in [0.2, 0.25) is 0 Å². The summed E-state index contributed by atoms with van der Waals surface area (Å²) in [6.07, 6.45) is 0. The molecule has 5 heteroatoms. The number of rotatable bonds is 7. The van der Waals surface area contributed by atoms with Gasteiger partial charge in [0.1, 0.15) is 0 Å². The first kappa shape index (κ1) is 13.4. The third kappa shape index (κ3) is 5.90. The summed E-state index contributed by atoms with van der Waals surface area (Å²) in [6, 6.07) is 0. The fourth-order valence-corrected chi connectivity index (χ4v) is 1.12. The van der Waals surface area contributed by atoms with Crippen LogP contribution in [0.4, 0.5) is 0 Å². The molecule has 0 spiro atoms. The lowest BCUT2D eigenvalue weighted by Gasteiger charge is -2.23. The quantitative estimate of drug-likeness (QED) is 0.544. The van der Waals surface area contributed by atoms with Crippen LogP contribution >= 0.6 is 0 Å². The number of aliphatic hydroxyl groups excluding tert-OH is 2. The van der Waals surface area contributed by atoms with E-state index < -0.39 is 0 Å². The van der Waals surface area contributed by atoms with Crippen molar-refractivity contribution in [3.8, 4) is 0 Å². The van der Waals surface area contributed by atoms with E-state index in [-0.39, 0.29) is 19.1 Å². The second-order valence-corrected chi connectivity index (χ2v) is 3.26. The molecule has 0 bridgehead atoms.